The number of imidazole rings is 1. The maximum atomic E-state index is 12.8. The number of benzene rings is 1. The van der Waals surface area contributed by atoms with Gasteiger partial charge in [0.1, 0.15) is 11.6 Å². The van der Waals surface area contributed by atoms with Crippen LogP contribution in [0.1, 0.15) is 78.8 Å². The first-order valence-electron chi connectivity index (χ1n) is 12.3. The van der Waals surface area contributed by atoms with Crippen LogP contribution >= 0.6 is 0 Å². The fourth-order valence-electron chi connectivity index (χ4n) is 5.02. The monoisotopic (exact) mass is 453 g/mol. The van der Waals surface area contributed by atoms with Gasteiger partial charge in [-0.05, 0) is 56.0 Å². The Balaban J connectivity index is 1.42. The molecule has 5 rings (SSSR count). The van der Waals surface area contributed by atoms with Crippen LogP contribution in [0.2, 0.25) is 0 Å². The Morgan fingerprint density at radius 1 is 1.06 bits per heavy atom. The minimum Gasteiger partial charge on any atom is -0.307 e. The molecule has 174 valence electrons. The minimum atomic E-state index is -0.164. The lowest BCUT2D eigenvalue weighted by Crippen LogP contribution is -2.13. The highest BCUT2D eigenvalue weighted by Crippen LogP contribution is 2.36. The van der Waals surface area contributed by atoms with Gasteiger partial charge < -0.3 is 5.32 Å². The van der Waals surface area contributed by atoms with Gasteiger partial charge in [-0.25, -0.2) is 9.97 Å². The van der Waals surface area contributed by atoms with Crippen LogP contribution in [-0.2, 0) is 6.42 Å². The molecule has 3 heterocycles. The SMILES string of the molecule is CCCc1ccnc(NC(=O)c2ccc(-c3nc(C4CCCCC4)n4ccnc(C)c34)cc2)c1. The van der Waals surface area contributed by atoms with Gasteiger partial charge in [-0.3, -0.25) is 14.2 Å². The van der Waals surface area contributed by atoms with E-state index in [0.29, 0.717) is 17.3 Å². The molecule has 1 saturated carbocycles. The molecule has 1 aliphatic rings. The second kappa shape index (κ2) is 9.75. The molecule has 0 atom stereocenters. The highest BCUT2D eigenvalue weighted by molar-refractivity contribution is 6.04. The fourth-order valence-corrected chi connectivity index (χ4v) is 5.02. The molecule has 4 aromatic rings. The van der Waals surface area contributed by atoms with E-state index in [2.05, 4.69) is 26.6 Å². The van der Waals surface area contributed by atoms with Crippen LogP contribution in [0.4, 0.5) is 5.82 Å². The summed E-state index contributed by atoms with van der Waals surface area (Å²) in [5.41, 5.74) is 5.72. The van der Waals surface area contributed by atoms with Crippen molar-refractivity contribution < 1.29 is 4.79 Å². The van der Waals surface area contributed by atoms with Crippen molar-refractivity contribution in [1.82, 2.24) is 19.4 Å². The van der Waals surface area contributed by atoms with Crippen LogP contribution in [-0.4, -0.2) is 25.3 Å². The lowest BCUT2D eigenvalue weighted by molar-refractivity contribution is 0.102. The number of hydrogen-bond acceptors (Lipinski definition) is 4. The van der Waals surface area contributed by atoms with Gasteiger partial charge in [0.05, 0.1) is 16.9 Å². The molecule has 1 aliphatic carbocycles. The molecular formula is C28H31N5O. The van der Waals surface area contributed by atoms with Crippen molar-refractivity contribution in [1.29, 1.82) is 0 Å². The van der Waals surface area contributed by atoms with Crippen molar-refractivity contribution in [3.05, 3.63) is 77.6 Å². The number of carbonyl (C=O) groups is 1. The Morgan fingerprint density at radius 2 is 1.85 bits per heavy atom. The van der Waals surface area contributed by atoms with Crippen LogP contribution in [0.3, 0.4) is 0 Å². The molecule has 0 saturated heterocycles. The second-order valence-corrected chi connectivity index (χ2v) is 9.22. The molecule has 1 N–H and O–H groups in total. The Labute approximate surface area is 200 Å². The van der Waals surface area contributed by atoms with E-state index in [0.717, 1.165) is 41.1 Å². The first kappa shape index (κ1) is 22.3. The molecular weight excluding hydrogens is 422 g/mol. The smallest absolute Gasteiger partial charge is 0.256 e. The molecule has 34 heavy (non-hydrogen) atoms. The van der Waals surface area contributed by atoms with Crippen molar-refractivity contribution in [2.75, 3.05) is 5.32 Å². The van der Waals surface area contributed by atoms with E-state index in [4.69, 9.17) is 4.98 Å². The molecule has 0 aliphatic heterocycles. The minimum absolute atomic E-state index is 0.164. The summed E-state index contributed by atoms with van der Waals surface area (Å²) in [6, 6.07) is 11.6. The highest BCUT2D eigenvalue weighted by Gasteiger charge is 2.23. The van der Waals surface area contributed by atoms with Crippen molar-refractivity contribution in [2.45, 2.75) is 64.7 Å². The summed E-state index contributed by atoms with van der Waals surface area (Å²) in [7, 11) is 0. The number of carbonyl (C=O) groups excluding carboxylic acids is 1. The van der Waals surface area contributed by atoms with Crippen LogP contribution in [0.5, 0.6) is 0 Å². The topological polar surface area (TPSA) is 72.2 Å². The van der Waals surface area contributed by atoms with E-state index in [-0.39, 0.29) is 5.91 Å². The Hall–Kier alpha value is -3.54. The van der Waals surface area contributed by atoms with Gasteiger partial charge in [-0.2, -0.15) is 0 Å². The average molecular weight is 454 g/mol. The lowest BCUT2D eigenvalue weighted by atomic mass is 9.89. The van der Waals surface area contributed by atoms with Gasteiger partial charge in [0.2, 0.25) is 0 Å². The first-order chi connectivity index (χ1) is 16.6. The number of aryl methyl sites for hydroxylation is 2. The third-order valence-corrected chi connectivity index (χ3v) is 6.76. The third kappa shape index (κ3) is 4.45. The molecule has 0 spiro atoms. The van der Waals surface area contributed by atoms with Crippen molar-refractivity contribution >= 4 is 17.2 Å². The number of hydrogen-bond donors (Lipinski definition) is 1. The summed E-state index contributed by atoms with van der Waals surface area (Å²) in [5.74, 6) is 2.04. The van der Waals surface area contributed by atoms with E-state index in [1.165, 1.54) is 37.7 Å². The summed E-state index contributed by atoms with van der Waals surface area (Å²) >= 11 is 0. The third-order valence-electron chi connectivity index (χ3n) is 6.76. The standard InChI is InChI=1S/C28H31N5O/c1-3-7-20-14-15-30-24(18-20)31-28(34)23-12-10-21(11-13-23)25-26-19(2)29-16-17-33(26)27(32-25)22-8-5-4-6-9-22/h10-18,22H,3-9H2,1-2H3,(H,30,31,34). The number of nitrogens with one attached hydrogen (secondary N) is 1. The number of nitrogens with zero attached hydrogens (tertiary/aromatic N) is 4. The summed E-state index contributed by atoms with van der Waals surface area (Å²) < 4.78 is 2.23. The molecule has 0 unspecified atom stereocenters. The summed E-state index contributed by atoms with van der Waals surface area (Å²) in [5, 5.41) is 2.92. The van der Waals surface area contributed by atoms with E-state index < -0.39 is 0 Å². The van der Waals surface area contributed by atoms with Crippen molar-refractivity contribution in [2.24, 2.45) is 0 Å². The largest absolute Gasteiger partial charge is 0.307 e. The van der Waals surface area contributed by atoms with Gasteiger partial charge in [0, 0.05) is 35.6 Å². The lowest BCUT2D eigenvalue weighted by Gasteiger charge is -2.20. The molecule has 6 nitrogen and oxygen atoms in total. The molecule has 0 bridgehead atoms. The molecule has 6 heteroatoms. The quantitative estimate of drug-likeness (QED) is 0.369. The van der Waals surface area contributed by atoms with Gasteiger partial charge in [-0.1, -0.05) is 44.7 Å². The molecule has 1 amide bonds. The van der Waals surface area contributed by atoms with Crippen LogP contribution in [0.15, 0.2) is 55.0 Å². The maximum Gasteiger partial charge on any atom is 0.256 e. The number of pyridine rings is 1. The highest BCUT2D eigenvalue weighted by atomic mass is 16.1. The van der Waals surface area contributed by atoms with Crippen molar-refractivity contribution in [3.8, 4) is 11.3 Å². The Kier molecular flexibility index (Phi) is 6.39. The molecule has 1 aromatic carbocycles. The number of aromatic nitrogens is 4. The van der Waals surface area contributed by atoms with Gasteiger partial charge in [0.25, 0.3) is 5.91 Å². The summed E-state index contributed by atoms with van der Waals surface area (Å²) in [4.78, 5) is 26.8. The van der Waals surface area contributed by atoms with Gasteiger partial charge in [0.15, 0.2) is 0 Å². The van der Waals surface area contributed by atoms with Crippen LogP contribution in [0, 0.1) is 6.92 Å². The Bertz CT molecular complexity index is 1300. The van der Waals surface area contributed by atoms with E-state index in [9.17, 15) is 4.79 Å². The summed E-state index contributed by atoms with van der Waals surface area (Å²) in [6.45, 7) is 4.17. The zero-order valence-electron chi connectivity index (χ0n) is 19.9. The van der Waals surface area contributed by atoms with Gasteiger partial charge in [-0.15, -0.1) is 0 Å². The zero-order valence-corrected chi connectivity index (χ0v) is 19.9. The number of fused-ring (bicyclic) bond motifs is 1. The van der Waals surface area contributed by atoms with Gasteiger partial charge >= 0.3 is 0 Å². The predicted octanol–water partition coefficient (Wildman–Crippen LogP) is 6.35. The predicted molar refractivity (Wildman–Crippen MR) is 135 cm³/mol. The molecule has 0 radical (unpaired) electrons. The first-order valence-corrected chi connectivity index (χ1v) is 12.3. The van der Waals surface area contributed by atoms with E-state index in [1.54, 1.807) is 6.20 Å². The fraction of sp³-hybridized carbons (Fsp3) is 0.357. The van der Waals surface area contributed by atoms with Crippen LogP contribution in [0.25, 0.3) is 16.8 Å². The summed E-state index contributed by atoms with van der Waals surface area (Å²) in [6.07, 6.45) is 13.9. The van der Waals surface area contributed by atoms with Crippen molar-refractivity contribution in [3.63, 3.8) is 0 Å². The number of anilines is 1. The molecule has 1 fully saturated rings. The number of amides is 1. The van der Waals surface area contributed by atoms with Crippen LogP contribution < -0.4 is 5.32 Å². The average Bonchev–Trinajstić information content (AvgIpc) is 3.26. The second-order valence-electron chi connectivity index (χ2n) is 9.22. The maximum absolute atomic E-state index is 12.8. The zero-order chi connectivity index (χ0) is 23.5. The van der Waals surface area contributed by atoms with E-state index >= 15 is 0 Å². The van der Waals surface area contributed by atoms with E-state index in [1.807, 2.05) is 55.7 Å². The normalized spacial score (nSPS) is 14.4. The Morgan fingerprint density at radius 3 is 2.62 bits per heavy atom. The number of rotatable bonds is 6. The molecule has 3 aromatic heterocycles.